The van der Waals surface area contributed by atoms with Crippen molar-refractivity contribution in [3.05, 3.63) is 33.5 Å². The first-order valence-corrected chi connectivity index (χ1v) is 10.7. The minimum atomic E-state index is -0.147. The van der Waals surface area contributed by atoms with E-state index in [4.69, 9.17) is 0 Å². The summed E-state index contributed by atoms with van der Waals surface area (Å²) in [6.07, 6.45) is 2.71. The van der Waals surface area contributed by atoms with Gasteiger partial charge in [0.2, 0.25) is 5.91 Å². The minimum absolute atomic E-state index is 0.136. The zero-order valence-corrected chi connectivity index (χ0v) is 16.5. The number of amides is 2. The molecule has 2 N–H and O–H groups in total. The number of carbonyl (C=O) groups excluding carboxylic acids is 2. The van der Waals surface area contributed by atoms with Crippen LogP contribution in [0.4, 0.5) is 5.13 Å². The lowest BCUT2D eigenvalue weighted by Gasteiger charge is -2.29. The molecule has 26 heavy (non-hydrogen) atoms. The smallest absolute Gasteiger partial charge is 0.252 e. The minimum Gasteiger partial charge on any atom is -0.351 e. The highest BCUT2D eigenvalue weighted by atomic mass is 32.1. The first-order valence-electron chi connectivity index (χ1n) is 8.87. The van der Waals surface area contributed by atoms with Gasteiger partial charge in [-0.25, -0.2) is 4.98 Å². The average Bonchev–Trinajstić information content (AvgIpc) is 3.29. The van der Waals surface area contributed by atoms with E-state index < -0.39 is 0 Å². The molecule has 1 aliphatic heterocycles. The third-order valence-electron chi connectivity index (χ3n) is 4.48. The van der Waals surface area contributed by atoms with E-state index in [-0.39, 0.29) is 18.2 Å². The highest BCUT2D eigenvalue weighted by Crippen LogP contribution is 2.21. The van der Waals surface area contributed by atoms with Crippen molar-refractivity contribution in [3.8, 4) is 0 Å². The van der Waals surface area contributed by atoms with E-state index in [9.17, 15) is 9.59 Å². The number of carbonyl (C=O) groups is 2. The van der Waals surface area contributed by atoms with Crippen LogP contribution in [0.5, 0.6) is 0 Å². The Morgan fingerprint density at radius 2 is 2.12 bits per heavy atom. The van der Waals surface area contributed by atoms with Gasteiger partial charge in [-0.1, -0.05) is 6.92 Å². The summed E-state index contributed by atoms with van der Waals surface area (Å²) in [5.74, 6) is 0.534. The van der Waals surface area contributed by atoms with Gasteiger partial charge < -0.3 is 10.6 Å². The molecule has 2 aromatic rings. The number of anilines is 1. The first-order chi connectivity index (χ1) is 12.6. The fourth-order valence-electron chi connectivity index (χ4n) is 2.85. The highest BCUT2D eigenvalue weighted by molar-refractivity contribution is 7.13. The number of nitrogens with zero attached hydrogens (tertiary/aromatic N) is 2. The van der Waals surface area contributed by atoms with Gasteiger partial charge in [0.1, 0.15) is 0 Å². The lowest BCUT2D eigenvalue weighted by molar-refractivity contribution is -0.116. The summed E-state index contributed by atoms with van der Waals surface area (Å²) >= 11 is 2.92. The van der Waals surface area contributed by atoms with Crippen LogP contribution in [0.1, 0.15) is 42.2 Å². The third kappa shape index (κ3) is 5.62. The van der Waals surface area contributed by atoms with E-state index in [1.165, 1.54) is 35.5 Å². The van der Waals surface area contributed by atoms with Crippen molar-refractivity contribution in [2.75, 3.05) is 25.0 Å². The van der Waals surface area contributed by atoms with Crippen molar-refractivity contribution in [1.29, 1.82) is 0 Å². The number of likely N-dealkylation sites (tertiary alicyclic amines) is 1. The number of rotatable bonds is 7. The summed E-state index contributed by atoms with van der Waals surface area (Å²) in [5.41, 5.74) is 1.64. The fraction of sp³-hybridized carbons (Fsp3) is 0.500. The Kier molecular flexibility index (Phi) is 6.76. The van der Waals surface area contributed by atoms with Crippen LogP contribution in [0.25, 0.3) is 0 Å². The summed E-state index contributed by atoms with van der Waals surface area (Å²) < 4.78 is 0. The molecule has 2 aromatic heterocycles. The molecule has 2 amide bonds. The van der Waals surface area contributed by atoms with Crippen LogP contribution in [0.3, 0.4) is 0 Å². The van der Waals surface area contributed by atoms with E-state index in [1.54, 1.807) is 11.4 Å². The van der Waals surface area contributed by atoms with Crippen LogP contribution in [0.2, 0.25) is 0 Å². The summed E-state index contributed by atoms with van der Waals surface area (Å²) in [4.78, 5) is 30.7. The summed E-state index contributed by atoms with van der Waals surface area (Å²) in [7, 11) is 0. The predicted molar refractivity (Wildman–Crippen MR) is 106 cm³/mol. The SMILES string of the molecule is CC1CCN(Cc2csc(NC(=O)CCNC(=O)c3ccsc3)n2)CC1. The summed E-state index contributed by atoms with van der Waals surface area (Å²) in [6.45, 7) is 5.69. The molecule has 6 nitrogen and oxygen atoms in total. The third-order valence-corrected chi connectivity index (χ3v) is 5.97. The molecule has 3 rings (SSSR count). The Hall–Kier alpha value is -1.77. The van der Waals surface area contributed by atoms with Gasteiger partial charge >= 0.3 is 0 Å². The van der Waals surface area contributed by atoms with Crippen LogP contribution < -0.4 is 10.6 Å². The maximum Gasteiger partial charge on any atom is 0.252 e. The van der Waals surface area contributed by atoms with Crippen molar-refractivity contribution in [2.24, 2.45) is 5.92 Å². The fourth-order valence-corrected chi connectivity index (χ4v) is 4.21. The van der Waals surface area contributed by atoms with Crippen molar-refractivity contribution in [2.45, 2.75) is 32.7 Å². The predicted octanol–water partition coefficient (Wildman–Crippen LogP) is 3.20. The van der Waals surface area contributed by atoms with Crippen LogP contribution >= 0.6 is 22.7 Å². The van der Waals surface area contributed by atoms with E-state index >= 15 is 0 Å². The molecule has 0 bridgehead atoms. The van der Waals surface area contributed by atoms with Crippen molar-refractivity contribution in [1.82, 2.24) is 15.2 Å². The molecule has 1 fully saturated rings. The van der Waals surface area contributed by atoms with Crippen LogP contribution in [0.15, 0.2) is 22.2 Å². The molecule has 0 unspecified atom stereocenters. The van der Waals surface area contributed by atoms with Gasteiger partial charge in [0.05, 0.1) is 5.69 Å². The van der Waals surface area contributed by atoms with Gasteiger partial charge in [0.25, 0.3) is 5.91 Å². The number of hydrogen-bond acceptors (Lipinski definition) is 6. The van der Waals surface area contributed by atoms with Gasteiger partial charge in [-0.15, -0.1) is 11.3 Å². The number of hydrogen-bond donors (Lipinski definition) is 2. The molecule has 8 heteroatoms. The zero-order chi connectivity index (χ0) is 18.4. The maximum atomic E-state index is 12.0. The van der Waals surface area contributed by atoms with E-state index in [0.29, 0.717) is 17.2 Å². The average molecular weight is 393 g/mol. The standard InChI is InChI=1S/C18H24N4O2S2/c1-13-3-7-22(8-4-13)10-15-12-26-18(20-15)21-16(23)2-6-19-17(24)14-5-9-25-11-14/h5,9,11-13H,2-4,6-8,10H2,1H3,(H,19,24)(H,20,21,23). The zero-order valence-electron chi connectivity index (χ0n) is 14.9. The normalized spacial score (nSPS) is 15.7. The number of nitrogens with one attached hydrogen (secondary N) is 2. The van der Waals surface area contributed by atoms with Crippen LogP contribution in [-0.4, -0.2) is 41.3 Å². The molecule has 140 valence electrons. The Bertz CT molecular complexity index is 721. The van der Waals surface area contributed by atoms with E-state index in [1.807, 2.05) is 10.8 Å². The lowest BCUT2D eigenvalue weighted by Crippen LogP contribution is -2.32. The van der Waals surface area contributed by atoms with E-state index in [2.05, 4.69) is 27.4 Å². The molecule has 1 aliphatic rings. The Morgan fingerprint density at radius 1 is 1.31 bits per heavy atom. The van der Waals surface area contributed by atoms with Gasteiger partial charge in [0, 0.05) is 35.8 Å². The molecule has 0 aromatic carbocycles. The molecule has 1 saturated heterocycles. The van der Waals surface area contributed by atoms with Crippen LogP contribution in [-0.2, 0) is 11.3 Å². The second-order valence-corrected chi connectivity index (χ2v) is 8.31. The molecular weight excluding hydrogens is 368 g/mol. The highest BCUT2D eigenvalue weighted by Gasteiger charge is 2.17. The van der Waals surface area contributed by atoms with Gasteiger partial charge in [0.15, 0.2) is 5.13 Å². The van der Waals surface area contributed by atoms with Crippen molar-refractivity contribution in [3.63, 3.8) is 0 Å². The second kappa shape index (κ2) is 9.25. The molecule has 0 spiro atoms. The van der Waals surface area contributed by atoms with Gasteiger partial charge in [-0.2, -0.15) is 11.3 Å². The molecular formula is C18H24N4O2S2. The van der Waals surface area contributed by atoms with E-state index in [0.717, 1.165) is 31.2 Å². The largest absolute Gasteiger partial charge is 0.351 e. The molecule has 0 radical (unpaired) electrons. The van der Waals surface area contributed by atoms with Crippen molar-refractivity contribution < 1.29 is 9.59 Å². The number of thiophene rings is 1. The summed E-state index contributed by atoms with van der Waals surface area (Å²) in [5, 5.41) is 11.8. The quantitative estimate of drug-likeness (QED) is 0.759. The first kappa shape index (κ1) is 19.0. The monoisotopic (exact) mass is 392 g/mol. The molecule has 3 heterocycles. The van der Waals surface area contributed by atoms with Crippen LogP contribution in [0, 0.1) is 5.92 Å². The molecule has 0 saturated carbocycles. The summed E-state index contributed by atoms with van der Waals surface area (Å²) in [6, 6.07) is 1.76. The number of thiazole rings is 1. The Labute approximate surface area is 161 Å². The Morgan fingerprint density at radius 3 is 2.85 bits per heavy atom. The van der Waals surface area contributed by atoms with Gasteiger partial charge in [-0.05, 0) is 43.3 Å². The number of aromatic nitrogens is 1. The van der Waals surface area contributed by atoms with Crippen molar-refractivity contribution >= 4 is 39.6 Å². The molecule has 0 atom stereocenters. The number of piperidine rings is 1. The Balaban J connectivity index is 1.38. The maximum absolute atomic E-state index is 12.0. The lowest BCUT2D eigenvalue weighted by atomic mass is 9.99. The second-order valence-electron chi connectivity index (χ2n) is 6.67. The topological polar surface area (TPSA) is 74.3 Å². The molecule has 0 aliphatic carbocycles. The van der Waals surface area contributed by atoms with Gasteiger partial charge in [-0.3, -0.25) is 14.5 Å².